The molecule has 0 saturated heterocycles. The molecule has 0 bridgehead atoms. The molecule has 0 radical (unpaired) electrons. The molecule has 96 valence electrons. The van der Waals surface area contributed by atoms with Crippen molar-refractivity contribution in [2.24, 2.45) is 0 Å². The fourth-order valence-electron chi connectivity index (χ4n) is 2.38. The smallest absolute Gasteiger partial charge is 0.194 e. The Kier molecular flexibility index (Phi) is 2.63. The maximum Gasteiger partial charge on any atom is 0.194 e. The van der Waals surface area contributed by atoms with Crippen LogP contribution in [0.3, 0.4) is 0 Å². The first-order valence-corrected chi connectivity index (χ1v) is 5.98. The number of fused-ring (bicyclic) bond motifs is 1. The highest BCUT2D eigenvalue weighted by molar-refractivity contribution is 5.82. The molecule has 0 saturated carbocycles. The average molecular weight is 255 g/mol. The minimum absolute atomic E-state index is 0.0335. The van der Waals surface area contributed by atoms with Crippen LogP contribution in [0.25, 0.3) is 10.9 Å². The third-order valence-corrected chi connectivity index (χ3v) is 3.10. The summed E-state index contributed by atoms with van der Waals surface area (Å²) in [5.41, 5.74) is 3.10. The SMILES string of the molecule is Cc1cc(C)c2c(c1)c(=O)ccn2Cc1nn[nH]n1. The van der Waals surface area contributed by atoms with Crippen molar-refractivity contribution in [3.05, 3.63) is 51.6 Å². The monoisotopic (exact) mass is 255 g/mol. The number of benzene rings is 1. The van der Waals surface area contributed by atoms with Gasteiger partial charge in [0.05, 0.1) is 12.1 Å². The van der Waals surface area contributed by atoms with Crippen molar-refractivity contribution in [3.8, 4) is 0 Å². The van der Waals surface area contributed by atoms with Crippen LogP contribution in [0, 0.1) is 13.8 Å². The molecule has 6 nitrogen and oxygen atoms in total. The summed E-state index contributed by atoms with van der Waals surface area (Å²) in [6.45, 7) is 4.47. The van der Waals surface area contributed by atoms with Crippen LogP contribution in [0.1, 0.15) is 17.0 Å². The number of hydrogen-bond acceptors (Lipinski definition) is 4. The van der Waals surface area contributed by atoms with Gasteiger partial charge in [0, 0.05) is 17.6 Å². The predicted octanol–water partition coefficient (Wildman–Crippen LogP) is 1.18. The Labute approximate surface area is 109 Å². The number of tetrazole rings is 1. The fraction of sp³-hybridized carbons (Fsp3) is 0.231. The Morgan fingerprint density at radius 3 is 2.89 bits per heavy atom. The summed E-state index contributed by atoms with van der Waals surface area (Å²) >= 11 is 0. The zero-order valence-corrected chi connectivity index (χ0v) is 10.7. The average Bonchev–Trinajstić information content (AvgIpc) is 2.85. The van der Waals surface area contributed by atoms with E-state index in [1.54, 1.807) is 12.3 Å². The maximum absolute atomic E-state index is 12.0. The minimum atomic E-state index is 0.0335. The number of aromatic amines is 1. The van der Waals surface area contributed by atoms with Gasteiger partial charge in [-0.25, -0.2) is 0 Å². The van der Waals surface area contributed by atoms with Gasteiger partial charge in [-0.05, 0) is 31.0 Å². The molecule has 0 fully saturated rings. The lowest BCUT2D eigenvalue weighted by Gasteiger charge is -2.11. The van der Waals surface area contributed by atoms with Crippen LogP contribution in [-0.4, -0.2) is 25.2 Å². The zero-order chi connectivity index (χ0) is 13.4. The Hall–Kier alpha value is -2.50. The van der Waals surface area contributed by atoms with E-state index in [1.165, 1.54) is 0 Å². The Morgan fingerprint density at radius 2 is 2.16 bits per heavy atom. The van der Waals surface area contributed by atoms with Crippen LogP contribution in [-0.2, 0) is 6.54 Å². The van der Waals surface area contributed by atoms with Gasteiger partial charge in [0.2, 0.25) is 0 Å². The molecule has 19 heavy (non-hydrogen) atoms. The Morgan fingerprint density at radius 1 is 1.32 bits per heavy atom. The van der Waals surface area contributed by atoms with Gasteiger partial charge in [-0.1, -0.05) is 11.3 Å². The molecule has 1 aromatic carbocycles. The fourth-order valence-corrected chi connectivity index (χ4v) is 2.38. The third-order valence-electron chi connectivity index (χ3n) is 3.10. The van der Waals surface area contributed by atoms with Crippen LogP contribution in [0.15, 0.2) is 29.2 Å². The van der Waals surface area contributed by atoms with Crippen molar-refractivity contribution in [1.82, 2.24) is 25.2 Å². The second-order valence-electron chi connectivity index (χ2n) is 4.61. The summed E-state index contributed by atoms with van der Waals surface area (Å²) in [6.07, 6.45) is 1.77. The molecule has 0 aliphatic carbocycles. The van der Waals surface area contributed by atoms with Crippen molar-refractivity contribution in [2.75, 3.05) is 0 Å². The largest absolute Gasteiger partial charge is 0.339 e. The molecule has 0 aliphatic heterocycles. The molecule has 0 aliphatic rings. The number of nitrogens with one attached hydrogen (secondary N) is 1. The second-order valence-corrected chi connectivity index (χ2v) is 4.61. The van der Waals surface area contributed by atoms with Gasteiger partial charge in [-0.3, -0.25) is 4.79 Å². The predicted molar refractivity (Wildman–Crippen MR) is 71.0 cm³/mol. The Bertz CT molecular complexity index is 789. The molecule has 0 amide bonds. The molecule has 0 unspecified atom stereocenters. The quantitative estimate of drug-likeness (QED) is 0.746. The number of hydrogen-bond donors (Lipinski definition) is 1. The zero-order valence-electron chi connectivity index (χ0n) is 10.7. The van der Waals surface area contributed by atoms with Crippen molar-refractivity contribution in [1.29, 1.82) is 0 Å². The lowest BCUT2D eigenvalue weighted by molar-refractivity contribution is 0.765. The number of pyridine rings is 1. The number of aromatic nitrogens is 5. The third kappa shape index (κ3) is 2.01. The van der Waals surface area contributed by atoms with E-state index in [-0.39, 0.29) is 5.43 Å². The summed E-state index contributed by atoms with van der Waals surface area (Å²) in [5.74, 6) is 0.588. The first kappa shape index (κ1) is 11.6. The van der Waals surface area contributed by atoms with Crippen LogP contribution in [0.2, 0.25) is 0 Å². The van der Waals surface area contributed by atoms with E-state index < -0.39 is 0 Å². The van der Waals surface area contributed by atoms with E-state index in [0.29, 0.717) is 12.4 Å². The lowest BCUT2D eigenvalue weighted by Crippen LogP contribution is -2.11. The van der Waals surface area contributed by atoms with Crippen LogP contribution in [0.5, 0.6) is 0 Å². The highest BCUT2D eigenvalue weighted by atomic mass is 16.1. The summed E-state index contributed by atoms with van der Waals surface area (Å²) in [4.78, 5) is 12.0. The topological polar surface area (TPSA) is 76.5 Å². The molecule has 1 N–H and O–H groups in total. The molecule has 0 atom stereocenters. The normalized spacial score (nSPS) is 11.1. The van der Waals surface area contributed by atoms with Crippen LogP contribution >= 0.6 is 0 Å². The standard InChI is InChI=1S/C13H13N5O/c1-8-5-9(2)13-10(6-8)11(19)3-4-18(13)7-12-14-16-17-15-12/h3-6H,7H2,1-2H3,(H,14,15,16,17). The Balaban J connectivity index is 2.26. The van der Waals surface area contributed by atoms with Crippen LogP contribution in [0.4, 0.5) is 0 Å². The molecule has 3 aromatic rings. The molecule has 3 rings (SSSR count). The molecule has 6 heteroatoms. The maximum atomic E-state index is 12.0. The van der Waals surface area contributed by atoms with Gasteiger partial charge in [-0.15, -0.1) is 10.2 Å². The van der Waals surface area contributed by atoms with Gasteiger partial charge >= 0.3 is 0 Å². The van der Waals surface area contributed by atoms with E-state index >= 15 is 0 Å². The van der Waals surface area contributed by atoms with E-state index in [4.69, 9.17) is 0 Å². The molecule has 0 spiro atoms. The second kappa shape index (κ2) is 4.31. The highest BCUT2D eigenvalue weighted by Crippen LogP contribution is 2.18. The van der Waals surface area contributed by atoms with Gasteiger partial charge < -0.3 is 4.57 Å². The molecular weight excluding hydrogens is 242 g/mol. The van der Waals surface area contributed by atoms with Crippen molar-refractivity contribution >= 4 is 10.9 Å². The first-order chi connectivity index (χ1) is 9.15. The summed E-state index contributed by atoms with van der Waals surface area (Å²) in [6, 6.07) is 5.55. The number of H-pyrrole nitrogens is 1. The van der Waals surface area contributed by atoms with E-state index in [9.17, 15) is 4.79 Å². The van der Waals surface area contributed by atoms with Gasteiger partial charge in [0.15, 0.2) is 11.3 Å². The van der Waals surface area contributed by atoms with Gasteiger partial charge in [-0.2, -0.15) is 5.21 Å². The highest BCUT2D eigenvalue weighted by Gasteiger charge is 2.08. The van der Waals surface area contributed by atoms with E-state index in [0.717, 1.165) is 22.0 Å². The summed E-state index contributed by atoms with van der Waals surface area (Å²) in [5, 5.41) is 14.6. The number of aryl methyl sites for hydroxylation is 2. The van der Waals surface area contributed by atoms with Crippen molar-refractivity contribution in [3.63, 3.8) is 0 Å². The molecule has 2 heterocycles. The van der Waals surface area contributed by atoms with Crippen molar-refractivity contribution in [2.45, 2.75) is 20.4 Å². The number of rotatable bonds is 2. The van der Waals surface area contributed by atoms with E-state index in [1.807, 2.05) is 24.5 Å². The van der Waals surface area contributed by atoms with Crippen LogP contribution < -0.4 is 5.43 Å². The molecule has 2 aromatic heterocycles. The minimum Gasteiger partial charge on any atom is -0.339 e. The lowest BCUT2D eigenvalue weighted by atomic mass is 10.1. The first-order valence-electron chi connectivity index (χ1n) is 5.98. The summed E-state index contributed by atoms with van der Waals surface area (Å²) < 4.78 is 1.97. The molecular formula is C13H13N5O. The van der Waals surface area contributed by atoms with Crippen molar-refractivity contribution < 1.29 is 0 Å². The van der Waals surface area contributed by atoms with Gasteiger partial charge in [0.1, 0.15) is 0 Å². The number of nitrogens with zero attached hydrogens (tertiary/aromatic N) is 4. The van der Waals surface area contributed by atoms with Gasteiger partial charge in [0.25, 0.3) is 0 Å². The summed E-state index contributed by atoms with van der Waals surface area (Å²) in [7, 11) is 0. The van der Waals surface area contributed by atoms with E-state index in [2.05, 4.69) is 26.7 Å².